The first-order valence-corrected chi connectivity index (χ1v) is 4.77. The zero-order chi connectivity index (χ0) is 10.6. The Morgan fingerprint density at radius 2 is 2.14 bits per heavy atom. The Kier molecular flexibility index (Phi) is 3.56. The van der Waals surface area contributed by atoms with Crippen LogP contribution in [0, 0.1) is 0 Å². The highest BCUT2D eigenvalue weighted by atomic mass is 16.1. The summed E-state index contributed by atoms with van der Waals surface area (Å²) in [6.45, 7) is 5.81. The van der Waals surface area contributed by atoms with Crippen LogP contribution in [0.2, 0.25) is 0 Å². The Labute approximate surface area is 83.7 Å². The lowest BCUT2D eigenvalue weighted by Gasteiger charge is -2.06. The average molecular weight is 193 g/mol. The van der Waals surface area contributed by atoms with Gasteiger partial charge in [-0.1, -0.05) is 6.92 Å². The summed E-state index contributed by atoms with van der Waals surface area (Å²) in [4.78, 5) is 11.4. The number of aromatic nitrogens is 2. The van der Waals surface area contributed by atoms with Crippen LogP contribution in [0.5, 0.6) is 0 Å². The van der Waals surface area contributed by atoms with Crippen LogP contribution in [0.25, 0.3) is 0 Å². The number of amides is 1. The molecular formula is C10H15N3O. The second-order valence-corrected chi connectivity index (χ2v) is 3.39. The van der Waals surface area contributed by atoms with Gasteiger partial charge in [0, 0.05) is 6.04 Å². The molecule has 0 saturated heterocycles. The van der Waals surface area contributed by atoms with Crippen molar-refractivity contribution >= 4 is 5.91 Å². The molecule has 0 radical (unpaired) electrons. The van der Waals surface area contributed by atoms with Crippen LogP contribution in [0.4, 0.5) is 0 Å². The third-order valence-corrected chi connectivity index (χ3v) is 1.73. The molecule has 0 aliphatic rings. The SMILES string of the molecule is CCc1ccc(C(=O)NC(C)C)nn1. The normalized spacial score (nSPS) is 10.3. The molecule has 0 aromatic carbocycles. The van der Waals surface area contributed by atoms with Gasteiger partial charge in [-0.3, -0.25) is 4.79 Å². The molecule has 0 unspecified atom stereocenters. The van der Waals surface area contributed by atoms with Gasteiger partial charge in [-0.05, 0) is 32.4 Å². The number of nitrogens with zero attached hydrogens (tertiary/aromatic N) is 2. The third kappa shape index (κ3) is 2.80. The van der Waals surface area contributed by atoms with E-state index in [4.69, 9.17) is 0 Å². The van der Waals surface area contributed by atoms with Gasteiger partial charge in [0.25, 0.3) is 5.91 Å². The molecule has 4 nitrogen and oxygen atoms in total. The first kappa shape index (κ1) is 10.6. The van der Waals surface area contributed by atoms with E-state index >= 15 is 0 Å². The fourth-order valence-electron chi connectivity index (χ4n) is 1.01. The molecule has 1 aromatic heterocycles. The number of carbonyl (C=O) groups excluding carboxylic acids is 1. The Hall–Kier alpha value is -1.45. The molecule has 1 amide bonds. The number of carbonyl (C=O) groups is 1. The van der Waals surface area contributed by atoms with Crippen LogP contribution in [0.3, 0.4) is 0 Å². The van der Waals surface area contributed by atoms with Crippen molar-refractivity contribution in [1.29, 1.82) is 0 Å². The molecule has 1 aromatic rings. The van der Waals surface area contributed by atoms with E-state index in [1.807, 2.05) is 26.8 Å². The van der Waals surface area contributed by atoms with Gasteiger partial charge >= 0.3 is 0 Å². The summed E-state index contributed by atoms with van der Waals surface area (Å²) < 4.78 is 0. The predicted octanol–water partition coefficient (Wildman–Crippen LogP) is 1.18. The van der Waals surface area contributed by atoms with Gasteiger partial charge in [-0.25, -0.2) is 0 Å². The minimum atomic E-state index is -0.171. The number of nitrogens with one attached hydrogen (secondary N) is 1. The Balaban J connectivity index is 2.71. The van der Waals surface area contributed by atoms with Crippen molar-refractivity contribution in [3.63, 3.8) is 0 Å². The molecule has 1 rings (SSSR count). The Bertz CT molecular complexity index is 306. The zero-order valence-corrected chi connectivity index (χ0v) is 8.74. The van der Waals surface area contributed by atoms with Crippen molar-refractivity contribution in [3.8, 4) is 0 Å². The molecule has 14 heavy (non-hydrogen) atoms. The first-order valence-electron chi connectivity index (χ1n) is 4.77. The van der Waals surface area contributed by atoms with Crippen molar-refractivity contribution in [3.05, 3.63) is 23.5 Å². The van der Waals surface area contributed by atoms with Crippen LogP contribution in [0.15, 0.2) is 12.1 Å². The smallest absolute Gasteiger partial charge is 0.271 e. The van der Waals surface area contributed by atoms with Gasteiger partial charge in [-0.2, -0.15) is 5.10 Å². The standard InChI is InChI=1S/C10H15N3O/c1-4-8-5-6-9(13-12-8)10(14)11-7(2)3/h5-7H,4H2,1-3H3,(H,11,14). The van der Waals surface area contributed by atoms with Crippen molar-refractivity contribution in [2.45, 2.75) is 33.2 Å². The van der Waals surface area contributed by atoms with Crippen molar-refractivity contribution in [2.24, 2.45) is 0 Å². The van der Waals surface area contributed by atoms with Gasteiger partial charge in [-0.15, -0.1) is 5.10 Å². The summed E-state index contributed by atoms with van der Waals surface area (Å²) in [5.41, 5.74) is 1.27. The van der Waals surface area contributed by atoms with Crippen LogP contribution in [-0.4, -0.2) is 22.1 Å². The van der Waals surface area contributed by atoms with E-state index in [0.717, 1.165) is 12.1 Å². The Morgan fingerprint density at radius 3 is 2.57 bits per heavy atom. The highest BCUT2D eigenvalue weighted by Crippen LogP contribution is 1.97. The molecule has 0 saturated carbocycles. The molecule has 0 aliphatic heterocycles. The summed E-state index contributed by atoms with van der Waals surface area (Å²) in [6, 6.07) is 3.64. The molecule has 0 spiro atoms. The van der Waals surface area contributed by atoms with E-state index in [-0.39, 0.29) is 11.9 Å². The average Bonchev–Trinajstić information content (AvgIpc) is 2.17. The molecule has 0 bridgehead atoms. The topological polar surface area (TPSA) is 54.9 Å². The van der Waals surface area contributed by atoms with E-state index < -0.39 is 0 Å². The molecule has 4 heteroatoms. The fraction of sp³-hybridized carbons (Fsp3) is 0.500. The number of rotatable bonds is 3. The third-order valence-electron chi connectivity index (χ3n) is 1.73. The zero-order valence-electron chi connectivity index (χ0n) is 8.74. The summed E-state index contributed by atoms with van der Waals surface area (Å²) in [7, 11) is 0. The van der Waals surface area contributed by atoms with Gasteiger partial charge in [0.15, 0.2) is 5.69 Å². The monoisotopic (exact) mass is 193 g/mol. The van der Waals surface area contributed by atoms with E-state index in [1.54, 1.807) is 6.07 Å². The second-order valence-electron chi connectivity index (χ2n) is 3.39. The van der Waals surface area contributed by atoms with Gasteiger partial charge in [0.05, 0.1) is 5.69 Å². The maximum Gasteiger partial charge on any atom is 0.271 e. The lowest BCUT2D eigenvalue weighted by Crippen LogP contribution is -2.30. The molecule has 1 N–H and O–H groups in total. The second kappa shape index (κ2) is 4.69. The molecule has 0 fully saturated rings. The molecule has 1 heterocycles. The summed E-state index contributed by atoms with van der Waals surface area (Å²) >= 11 is 0. The van der Waals surface area contributed by atoms with Crippen molar-refractivity contribution in [1.82, 2.24) is 15.5 Å². The van der Waals surface area contributed by atoms with Crippen molar-refractivity contribution < 1.29 is 4.79 Å². The van der Waals surface area contributed by atoms with E-state index in [2.05, 4.69) is 15.5 Å². The molecule has 76 valence electrons. The fourth-order valence-corrected chi connectivity index (χ4v) is 1.01. The number of hydrogen-bond donors (Lipinski definition) is 1. The summed E-state index contributed by atoms with van der Waals surface area (Å²) in [6.07, 6.45) is 0.832. The van der Waals surface area contributed by atoms with E-state index in [9.17, 15) is 4.79 Å². The first-order chi connectivity index (χ1) is 6.63. The van der Waals surface area contributed by atoms with E-state index in [1.165, 1.54) is 0 Å². The lowest BCUT2D eigenvalue weighted by molar-refractivity contribution is 0.0937. The molecular weight excluding hydrogens is 178 g/mol. The molecule has 0 aliphatic carbocycles. The maximum absolute atomic E-state index is 11.4. The lowest BCUT2D eigenvalue weighted by atomic mass is 10.2. The quantitative estimate of drug-likeness (QED) is 0.784. The molecule has 0 atom stereocenters. The van der Waals surface area contributed by atoms with Gasteiger partial charge < -0.3 is 5.32 Å². The van der Waals surface area contributed by atoms with Crippen LogP contribution < -0.4 is 5.32 Å². The Morgan fingerprint density at radius 1 is 1.43 bits per heavy atom. The highest BCUT2D eigenvalue weighted by molar-refractivity contribution is 5.92. The predicted molar refractivity (Wildman–Crippen MR) is 54.0 cm³/mol. The minimum absolute atomic E-state index is 0.121. The number of hydrogen-bond acceptors (Lipinski definition) is 3. The van der Waals surface area contributed by atoms with Gasteiger partial charge in [0.1, 0.15) is 0 Å². The summed E-state index contributed by atoms with van der Waals surface area (Å²) in [5.74, 6) is -0.171. The van der Waals surface area contributed by atoms with Crippen LogP contribution in [0.1, 0.15) is 37.0 Å². The van der Waals surface area contributed by atoms with Crippen LogP contribution in [-0.2, 0) is 6.42 Å². The van der Waals surface area contributed by atoms with E-state index in [0.29, 0.717) is 5.69 Å². The highest BCUT2D eigenvalue weighted by Gasteiger charge is 2.08. The largest absolute Gasteiger partial charge is 0.348 e. The minimum Gasteiger partial charge on any atom is -0.348 e. The number of aryl methyl sites for hydroxylation is 1. The van der Waals surface area contributed by atoms with Crippen LogP contribution >= 0.6 is 0 Å². The van der Waals surface area contributed by atoms with Crippen molar-refractivity contribution in [2.75, 3.05) is 0 Å². The summed E-state index contributed by atoms with van der Waals surface area (Å²) in [5, 5.41) is 10.5. The maximum atomic E-state index is 11.4. The van der Waals surface area contributed by atoms with Gasteiger partial charge in [0.2, 0.25) is 0 Å².